The topological polar surface area (TPSA) is 64.5 Å². The van der Waals surface area contributed by atoms with Gasteiger partial charge in [0.1, 0.15) is 0 Å². The molecule has 0 amide bonds. The number of hydrogen-bond donors (Lipinski definition) is 4. The maximum absolute atomic E-state index is 8.86. The highest BCUT2D eigenvalue weighted by molar-refractivity contribution is 6.40. The van der Waals surface area contributed by atoms with Crippen molar-refractivity contribution in [2.24, 2.45) is 0 Å². The lowest BCUT2D eigenvalue weighted by Gasteiger charge is -2.16. The molecule has 4 nitrogen and oxygen atoms in total. The molecule has 2 rings (SSSR count). The Hall–Kier alpha value is -0.875. The number of rotatable bonds is 13. The molecule has 1 atom stereocenters. The summed E-state index contributed by atoms with van der Waals surface area (Å²) >= 11 is 0. The molecule has 0 fully saturated rings. The Labute approximate surface area is 153 Å². The summed E-state index contributed by atoms with van der Waals surface area (Å²) < 4.78 is 0. The number of hydrogen-bond acceptors (Lipinski definition) is 4. The second-order valence-electron chi connectivity index (χ2n) is 7.43. The van der Waals surface area contributed by atoms with Gasteiger partial charge in [-0.2, -0.15) is 0 Å². The van der Waals surface area contributed by atoms with Crippen LogP contribution in [0.25, 0.3) is 0 Å². The van der Waals surface area contributed by atoms with E-state index in [4.69, 9.17) is 10.0 Å². The average molecular weight is 346 g/mol. The quantitative estimate of drug-likeness (QED) is 0.327. The fourth-order valence-corrected chi connectivity index (χ4v) is 3.85. The minimum Gasteiger partial charge on any atom is -0.427 e. The Kier molecular flexibility index (Phi) is 9.55. The van der Waals surface area contributed by atoms with E-state index in [0.29, 0.717) is 18.4 Å². The first-order valence-corrected chi connectivity index (χ1v) is 10.0. The molecule has 140 valence electrons. The van der Waals surface area contributed by atoms with Crippen LogP contribution >= 0.6 is 0 Å². The average Bonchev–Trinajstić information content (AvgIpc) is 3.02. The van der Waals surface area contributed by atoms with E-state index in [1.165, 1.54) is 49.7 Å². The number of fused-ring (bicyclic) bond motifs is 1. The fraction of sp³-hybridized carbons (Fsp3) is 0.700. The van der Waals surface area contributed by atoms with Crippen molar-refractivity contribution in [1.29, 1.82) is 0 Å². The molecule has 1 aliphatic rings. The van der Waals surface area contributed by atoms with E-state index in [1.807, 2.05) is 7.05 Å². The molecule has 0 aliphatic heterocycles. The van der Waals surface area contributed by atoms with Crippen LogP contribution in [0, 0.1) is 0 Å². The zero-order chi connectivity index (χ0) is 17.9. The monoisotopic (exact) mass is 346 g/mol. The highest BCUT2D eigenvalue weighted by atomic mass is 16.4. The van der Waals surface area contributed by atoms with Crippen LogP contribution in [0.1, 0.15) is 56.1 Å². The van der Waals surface area contributed by atoms with Gasteiger partial charge >= 0.3 is 7.12 Å². The van der Waals surface area contributed by atoms with Crippen molar-refractivity contribution in [3.63, 3.8) is 0 Å². The van der Waals surface area contributed by atoms with Gasteiger partial charge < -0.3 is 20.7 Å². The van der Waals surface area contributed by atoms with E-state index in [2.05, 4.69) is 34.9 Å². The molecule has 1 aliphatic carbocycles. The molecular weight excluding hydrogens is 311 g/mol. The van der Waals surface area contributed by atoms with E-state index in [1.54, 1.807) is 0 Å². The third kappa shape index (κ3) is 7.91. The van der Waals surface area contributed by atoms with Gasteiger partial charge in [-0.05, 0) is 63.1 Å². The zero-order valence-corrected chi connectivity index (χ0v) is 15.7. The summed E-state index contributed by atoms with van der Waals surface area (Å²) in [7, 11) is 0.887. The van der Waals surface area contributed by atoms with Crippen molar-refractivity contribution in [3.8, 4) is 0 Å². The summed E-state index contributed by atoms with van der Waals surface area (Å²) in [5.74, 6) is 0. The molecule has 0 bridgehead atoms. The van der Waals surface area contributed by atoms with Crippen LogP contribution in [0.5, 0.6) is 0 Å². The van der Waals surface area contributed by atoms with E-state index >= 15 is 0 Å². The normalized spacial score (nSPS) is 15.3. The molecule has 5 heteroatoms. The van der Waals surface area contributed by atoms with Gasteiger partial charge in [-0.15, -0.1) is 0 Å². The molecule has 0 radical (unpaired) electrons. The minimum absolute atomic E-state index is 0.493. The van der Waals surface area contributed by atoms with Crippen LogP contribution in [-0.2, 0) is 12.8 Å². The maximum Gasteiger partial charge on any atom is 0.451 e. The second kappa shape index (κ2) is 11.7. The largest absolute Gasteiger partial charge is 0.451 e. The molecule has 0 aromatic heterocycles. The molecule has 1 aromatic rings. The van der Waals surface area contributed by atoms with E-state index in [0.717, 1.165) is 25.8 Å². The van der Waals surface area contributed by atoms with Crippen molar-refractivity contribution in [2.75, 3.05) is 13.6 Å². The third-order valence-electron chi connectivity index (χ3n) is 5.39. The Morgan fingerprint density at radius 3 is 2.24 bits per heavy atom. The van der Waals surface area contributed by atoms with Crippen LogP contribution in [0.4, 0.5) is 0 Å². The van der Waals surface area contributed by atoms with E-state index in [9.17, 15) is 0 Å². The fourth-order valence-electron chi connectivity index (χ4n) is 3.85. The summed E-state index contributed by atoms with van der Waals surface area (Å²) in [4.78, 5) is 0. The Balaban J connectivity index is 1.46. The molecule has 0 saturated heterocycles. The Morgan fingerprint density at radius 2 is 1.64 bits per heavy atom. The van der Waals surface area contributed by atoms with Gasteiger partial charge in [0.05, 0.1) is 0 Å². The van der Waals surface area contributed by atoms with Crippen molar-refractivity contribution in [1.82, 2.24) is 10.6 Å². The first-order chi connectivity index (χ1) is 12.2. The highest BCUT2D eigenvalue weighted by Gasteiger charge is 2.19. The maximum atomic E-state index is 8.86. The van der Waals surface area contributed by atoms with Gasteiger partial charge in [0.25, 0.3) is 0 Å². The predicted molar refractivity (Wildman–Crippen MR) is 106 cm³/mol. The van der Waals surface area contributed by atoms with Crippen molar-refractivity contribution < 1.29 is 10.0 Å². The number of nitrogens with one attached hydrogen (secondary N) is 2. The summed E-state index contributed by atoms with van der Waals surface area (Å²) in [6.07, 6.45) is 10.9. The molecule has 1 aromatic carbocycles. The summed E-state index contributed by atoms with van der Waals surface area (Å²) in [5.41, 5.74) is 3.04. The molecule has 25 heavy (non-hydrogen) atoms. The number of unbranched alkanes of at least 4 members (excludes halogenated alkanes) is 3. The standard InChI is InChI=1S/C20H35BN2O2/c1-22-19(12-6-7-13-21(24)25)11-3-2-8-14-23-20-15-17-9-4-5-10-18(17)16-20/h4-5,9-10,19-20,22-25H,2-3,6-8,11-16H2,1H3. The van der Waals surface area contributed by atoms with Crippen LogP contribution in [0.15, 0.2) is 24.3 Å². The lowest BCUT2D eigenvalue weighted by Crippen LogP contribution is -2.30. The molecule has 0 heterocycles. The lowest BCUT2D eigenvalue weighted by molar-refractivity contribution is 0.396. The van der Waals surface area contributed by atoms with Crippen LogP contribution < -0.4 is 10.6 Å². The molecule has 0 saturated carbocycles. The van der Waals surface area contributed by atoms with Crippen LogP contribution in [0.3, 0.4) is 0 Å². The zero-order valence-electron chi connectivity index (χ0n) is 15.7. The second-order valence-corrected chi connectivity index (χ2v) is 7.43. The third-order valence-corrected chi connectivity index (χ3v) is 5.39. The van der Waals surface area contributed by atoms with Crippen LogP contribution in [-0.4, -0.2) is 42.8 Å². The SMILES string of the molecule is CNC(CCCCCNC1Cc2ccccc2C1)CCCCB(O)O. The molecule has 4 N–H and O–H groups in total. The van der Waals surface area contributed by atoms with Gasteiger partial charge in [0.15, 0.2) is 0 Å². The molecule has 1 unspecified atom stereocenters. The molecule has 0 spiro atoms. The van der Waals surface area contributed by atoms with Crippen molar-refractivity contribution in [2.45, 2.75) is 76.2 Å². The lowest BCUT2D eigenvalue weighted by atomic mass is 9.83. The number of benzene rings is 1. The molecular formula is C20H35BN2O2. The van der Waals surface area contributed by atoms with Crippen LogP contribution in [0.2, 0.25) is 6.32 Å². The summed E-state index contributed by atoms with van der Waals surface area (Å²) in [6.45, 7) is 1.12. The van der Waals surface area contributed by atoms with Crippen molar-refractivity contribution >= 4 is 7.12 Å². The Morgan fingerprint density at radius 1 is 1.00 bits per heavy atom. The van der Waals surface area contributed by atoms with Gasteiger partial charge in [0, 0.05) is 12.1 Å². The van der Waals surface area contributed by atoms with E-state index in [-0.39, 0.29) is 0 Å². The van der Waals surface area contributed by atoms with E-state index < -0.39 is 7.12 Å². The first kappa shape index (κ1) is 20.4. The van der Waals surface area contributed by atoms with Gasteiger partial charge in [0.2, 0.25) is 0 Å². The minimum atomic E-state index is -1.15. The van der Waals surface area contributed by atoms with Crippen molar-refractivity contribution in [3.05, 3.63) is 35.4 Å². The summed E-state index contributed by atoms with van der Waals surface area (Å²) in [5, 5.41) is 24.8. The van der Waals surface area contributed by atoms with Gasteiger partial charge in [-0.3, -0.25) is 0 Å². The predicted octanol–water partition coefficient (Wildman–Crippen LogP) is 2.53. The smallest absolute Gasteiger partial charge is 0.427 e. The summed E-state index contributed by atoms with van der Waals surface area (Å²) in [6, 6.07) is 10.0. The first-order valence-electron chi connectivity index (χ1n) is 10.0. The van der Waals surface area contributed by atoms with Gasteiger partial charge in [-0.1, -0.05) is 49.9 Å². The highest BCUT2D eigenvalue weighted by Crippen LogP contribution is 2.21. The van der Waals surface area contributed by atoms with Gasteiger partial charge in [-0.25, -0.2) is 0 Å². The Bertz CT molecular complexity index is 460.